The molecular weight excluding hydrogens is 259 g/mol. The summed E-state index contributed by atoms with van der Waals surface area (Å²) in [6.07, 6.45) is 0. The molecule has 4 nitrogen and oxygen atoms in total. The van der Waals surface area contributed by atoms with Crippen molar-refractivity contribution in [3.05, 3.63) is 65.2 Å². The van der Waals surface area contributed by atoms with Gasteiger partial charge in [-0.15, -0.1) is 0 Å². The number of hydrogen-bond acceptors (Lipinski definition) is 3. The predicted molar refractivity (Wildman–Crippen MR) is 72.8 cm³/mol. The van der Waals surface area contributed by atoms with Gasteiger partial charge >= 0.3 is 5.97 Å². The summed E-state index contributed by atoms with van der Waals surface area (Å²) in [6.45, 7) is 0.890. The molecule has 1 aromatic carbocycles. The second-order valence-corrected chi connectivity index (χ2v) is 4.58. The Hall–Kier alpha value is -2.27. The van der Waals surface area contributed by atoms with Crippen LogP contribution in [-0.2, 0) is 13.1 Å². The molecule has 1 N–H and O–H groups in total. The number of rotatable bonds is 5. The SMILES string of the molecule is CN(Cc1cccc(C(=O)O)n1)Cc1ccccc1F. The van der Waals surface area contributed by atoms with E-state index in [9.17, 15) is 9.18 Å². The highest BCUT2D eigenvalue weighted by molar-refractivity contribution is 5.85. The van der Waals surface area contributed by atoms with Crippen LogP contribution in [0.1, 0.15) is 21.7 Å². The van der Waals surface area contributed by atoms with E-state index in [0.29, 0.717) is 24.3 Å². The Kier molecular flexibility index (Phi) is 4.42. The van der Waals surface area contributed by atoms with Gasteiger partial charge in [0.25, 0.3) is 0 Å². The standard InChI is InChI=1S/C15H15FN2O2/c1-18(9-11-5-2-3-7-13(11)16)10-12-6-4-8-14(17-12)15(19)20/h2-8H,9-10H2,1H3,(H,19,20). The van der Waals surface area contributed by atoms with Crippen LogP contribution < -0.4 is 0 Å². The van der Waals surface area contributed by atoms with E-state index in [1.807, 2.05) is 11.9 Å². The van der Waals surface area contributed by atoms with Crippen molar-refractivity contribution in [3.63, 3.8) is 0 Å². The third kappa shape index (κ3) is 3.61. The summed E-state index contributed by atoms with van der Waals surface area (Å²) in [6, 6.07) is 11.4. The quantitative estimate of drug-likeness (QED) is 0.910. The molecule has 0 spiro atoms. The molecule has 5 heteroatoms. The van der Waals surface area contributed by atoms with Gasteiger partial charge in [0.2, 0.25) is 0 Å². The molecule has 20 heavy (non-hydrogen) atoms. The molecule has 0 bridgehead atoms. The Morgan fingerprint density at radius 2 is 1.95 bits per heavy atom. The first-order valence-corrected chi connectivity index (χ1v) is 6.17. The summed E-state index contributed by atoms with van der Waals surface area (Å²) < 4.78 is 13.5. The maximum atomic E-state index is 13.5. The molecule has 0 fully saturated rings. The molecule has 0 saturated carbocycles. The van der Waals surface area contributed by atoms with Crippen molar-refractivity contribution in [2.75, 3.05) is 7.05 Å². The van der Waals surface area contributed by atoms with E-state index in [1.54, 1.807) is 30.3 Å². The van der Waals surface area contributed by atoms with E-state index in [0.717, 1.165) is 0 Å². The van der Waals surface area contributed by atoms with Crippen LogP contribution in [0.25, 0.3) is 0 Å². The maximum Gasteiger partial charge on any atom is 0.354 e. The molecular formula is C15H15FN2O2. The highest BCUT2D eigenvalue weighted by Crippen LogP contribution is 2.11. The summed E-state index contributed by atoms with van der Waals surface area (Å²) in [4.78, 5) is 16.8. The van der Waals surface area contributed by atoms with E-state index in [4.69, 9.17) is 5.11 Å². The summed E-state index contributed by atoms with van der Waals surface area (Å²) in [7, 11) is 1.83. The van der Waals surface area contributed by atoms with Gasteiger partial charge in [-0.1, -0.05) is 24.3 Å². The van der Waals surface area contributed by atoms with Gasteiger partial charge in [-0.3, -0.25) is 4.90 Å². The first-order chi connectivity index (χ1) is 9.56. The van der Waals surface area contributed by atoms with Crippen LogP contribution in [0.5, 0.6) is 0 Å². The van der Waals surface area contributed by atoms with Crippen LogP contribution in [0.15, 0.2) is 42.5 Å². The summed E-state index contributed by atoms with van der Waals surface area (Å²) in [5.41, 5.74) is 1.26. The topological polar surface area (TPSA) is 53.4 Å². The molecule has 2 aromatic rings. The summed E-state index contributed by atoms with van der Waals surface area (Å²) in [5.74, 6) is -1.30. The summed E-state index contributed by atoms with van der Waals surface area (Å²) in [5, 5.41) is 8.89. The fraction of sp³-hybridized carbons (Fsp3) is 0.200. The minimum absolute atomic E-state index is 0.0155. The number of aromatic carboxylic acids is 1. The molecule has 0 aliphatic rings. The van der Waals surface area contributed by atoms with Crippen molar-refractivity contribution >= 4 is 5.97 Å². The van der Waals surface area contributed by atoms with Crippen LogP contribution in [0.3, 0.4) is 0 Å². The van der Waals surface area contributed by atoms with E-state index in [-0.39, 0.29) is 11.5 Å². The van der Waals surface area contributed by atoms with Crippen LogP contribution in [0.4, 0.5) is 4.39 Å². The molecule has 1 heterocycles. The predicted octanol–water partition coefficient (Wildman–Crippen LogP) is 2.55. The Morgan fingerprint density at radius 3 is 2.65 bits per heavy atom. The number of aromatic nitrogens is 1. The fourth-order valence-corrected chi connectivity index (χ4v) is 1.94. The third-order valence-corrected chi connectivity index (χ3v) is 2.86. The van der Waals surface area contributed by atoms with Crippen LogP contribution >= 0.6 is 0 Å². The molecule has 0 amide bonds. The van der Waals surface area contributed by atoms with Crippen molar-refractivity contribution in [3.8, 4) is 0 Å². The third-order valence-electron chi connectivity index (χ3n) is 2.86. The minimum atomic E-state index is -1.05. The van der Waals surface area contributed by atoms with E-state index in [1.165, 1.54) is 12.1 Å². The Labute approximate surface area is 116 Å². The lowest BCUT2D eigenvalue weighted by atomic mass is 10.2. The number of pyridine rings is 1. The Bertz CT molecular complexity index is 616. The van der Waals surface area contributed by atoms with E-state index < -0.39 is 5.97 Å². The Balaban J connectivity index is 2.05. The monoisotopic (exact) mass is 274 g/mol. The van der Waals surface area contributed by atoms with Gasteiger partial charge in [-0.05, 0) is 25.2 Å². The van der Waals surface area contributed by atoms with Gasteiger partial charge in [0, 0.05) is 18.7 Å². The van der Waals surface area contributed by atoms with Crippen molar-refractivity contribution in [1.82, 2.24) is 9.88 Å². The highest BCUT2D eigenvalue weighted by atomic mass is 19.1. The number of halogens is 1. The molecule has 0 saturated heterocycles. The van der Waals surface area contributed by atoms with Crippen molar-refractivity contribution in [1.29, 1.82) is 0 Å². The molecule has 0 aliphatic heterocycles. The van der Waals surface area contributed by atoms with Crippen molar-refractivity contribution in [2.24, 2.45) is 0 Å². The number of carboxylic acids is 1. The van der Waals surface area contributed by atoms with Gasteiger partial charge in [0.1, 0.15) is 11.5 Å². The average molecular weight is 274 g/mol. The number of benzene rings is 1. The highest BCUT2D eigenvalue weighted by Gasteiger charge is 2.09. The van der Waals surface area contributed by atoms with E-state index in [2.05, 4.69) is 4.98 Å². The Morgan fingerprint density at radius 1 is 1.20 bits per heavy atom. The van der Waals surface area contributed by atoms with Gasteiger partial charge < -0.3 is 5.11 Å². The second kappa shape index (κ2) is 6.25. The van der Waals surface area contributed by atoms with Gasteiger partial charge in [-0.25, -0.2) is 14.2 Å². The average Bonchev–Trinajstić information content (AvgIpc) is 2.41. The molecule has 0 unspecified atom stereocenters. The van der Waals surface area contributed by atoms with Crippen LogP contribution in [0.2, 0.25) is 0 Å². The number of carboxylic acid groups (broad SMARTS) is 1. The van der Waals surface area contributed by atoms with Crippen molar-refractivity contribution in [2.45, 2.75) is 13.1 Å². The molecule has 1 aromatic heterocycles. The van der Waals surface area contributed by atoms with E-state index >= 15 is 0 Å². The molecule has 0 radical (unpaired) electrons. The zero-order valence-electron chi connectivity index (χ0n) is 11.1. The summed E-state index contributed by atoms with van der Waals surface area (Å²) >= 11 is 0. The molecule has 2 rings (SSSR count). The number of hydrogen-bond donors (Lipinski definition) is 1. The second-order valence-electron chi connectivity index (χ2n) is 4.58. The lowest BCUT2D eigenvalue weighted by Crippen LogP contribution is -2.19. The first-order valence-electron chi connectivity index (χ1n) is 6.17. The van der Waals surface area contributed by atoms with Gasteiger partial charge in [0.15, 0.2) is 0 Å². The molecule has 0 aliphatic carbocycles. The smallest absolute Gasteiger partial charge is 0.354 e. The lowest BCUT2D eigenvalue weighted by molar-refractivity contribution is 0.0690. The lowest BCUT2D eigenvalue weighted by Gasteiger charge is -2.16. The van der Waals surface area contributed by atoms with Gasteiger partial charge in [0.05, 0.1) is 5.69 Å². The first kappa shape index (κ1) is 14.1. The van der Waals surface area contributed by atoms with Gasteiger partial charge in [-0.2, -0.15) is 0 Å². The van der Waals surface area contributed by atoms with Crippen LogP contribution in [0, 0.1) is 5.82 Å². The fourth-order valence-electron chi connectivity index (χ4n) is 1.94. The minimum Gasteiger partial charge on any atom is -0.477 e. The molecule has 0 atom stereocenters. The number of nitrogens with zero attached hydrogens (tertiary/aromatic N) is 2. The number of carbonyl (C=O) groups is 1. The largest absolute Gasteiger partial charge is 0.477 e. The van der Waals surface area contributed by atoms with Crippen molar-refractivity contribution < 1.29 is 14.3 Å². The zero-order chi connectivity index (χ0) is 14.5. The normalized spacial score (nSPS) is 10.8. The zero-order valence-corrected chi connectivity index (χ0v) is 11.1. The molecule has 104 valence electrons. The van der Waals surface area contributed by atoms with Crippen LogP contribution in [-0.4, -0.2) is 28.0 Å². The maximum absolute atomic E-state index is 13.5.